The maximum absolute atomic E-state index is 14.8. The van der Waals surface area contributed by atoms with Crippen molar-refractivity contribution in [2.75, 3.05) is 34.9 Å². The van der Waals surface area contributed by atoms with Gasteiger partial charge in [-0.05, 0) is 56.6 Å². The monoisotopic (exact) mass is 718 g/mol. The van der Waals surface area contributed by atoms with Gasteiger partial charge < -0.3 is 40.3 Å². The van der Waals surface area contributed by atoms with E-state index in [0.29, 0.717) is 31.4 Å². The molecule has 1 aromatic rings. The Kier molecular flexibility index (Phi) is 18.0. The molecule has 1 heterocycles. The number of nitrogens with zero attached hydrogens (tertiary/aromatic N) is 2. The van der Waals surface area contributed by atoms with Crippen LogP contribution in [0.25, 0.3) is 0 Å². The van der Waals surface area contributed by atoms with Crippen LogP contribution >= 0.6 is 0 Å². The number of rotatable bonds is 20. The molecule has 12 heteroatoms. The summed E-state index contributed by atoms with van der Waals surface area (Å²) in [5.41, 5.74) is 0.699. The molecule has 12 nitrogen and oxygen atoms in total. The Labute approximate surface area is 306 Å². The molecule has 0 spiro atoms. The average Bonchev–Trinajstić information content (AvgIpc) is 3.59. The molecule has 2 rings (SSSR count). The lowest BCUT2D eigenvalue weighted by molar-refractivity contribution is -0.156. The molecular weight excluding hydrogens is 650 g/mol. The zero-order chi connectivity index (χ0) is 38.6. The molecule has 0 bridgehead atoms. The molecule has 51 heavy (non-hydrogen) atoms. The molecule has 1 aliphatic heterocycles. The van der Waals surface area contributed by atoms with Crippen molar-refractivity contribution in [1.82, 2.24) is 25.8 Å². The summed E-state index contributed by atoms with van der Waals surface area (Å²) in [4.78, 5) is 59.2. The second kappa shape index (κ2) is 20.8. The molecule has 1 saturated heterocycles. The van der Waals surface area contributed by atoms with E-state index in [0.717, 1.165) is 6.42 Å². The number of amides is 4. The summed E-state index contributed by atoms with van der Waals surface area (Å²) < 4.78 is 12.0. The predicted octanol–water partition coefficient (Wildman–Crippen LogP) is 3.53. The van der Waals surface area contributed by atoms with Crippen molar-refractivity contribution >= 4 is 23.6 Å². The molecule has 1 aliphatic rings. The minimum atomic E-state index is -0.983. The van der Waals surface area contributed by atoms with Crippen LogP contribution in [0.2, 0.25) is 0 Å². The van der Waals surface area contributed by atoms with Crippen LogP contribution in [0.1, 0.15) is 92.7 Å². The Morgan fingerprint density at radius 3 is 2.04 bits per heavy atom. The largest absolute Gasteiger partial charge is 0.386 e. The molecule has 290 valence electrons. The molecule has 4 N–H and O–H groups in total. The lowest BCUT2D eigenvalue weighted by Gasteiger charge is -2.41. The summed E-state index contributed by atoms with van der Waals surface area (Å²) >= 11 is 0. The summed E-state index contributed by atoms with van der Waals surface area (Å²) in [5.74, 6) is -1.92. The first-order valence-electron chi connectivity index (χ1n) is 18.7. The Hall–Kier alpha value is -3.06. The number of ether oxygens (including phenoxy) is 2. The molecule has 0 saturated carbocycles. The van der Waals surface area contributed by atoms with Gasteiger partial charge in [0.25, 0.3) is 0 Å². The van der Waals surface area contributed by atoms with Crippen molar-refractivity contribution in [3.05, 3.63) is 35.9 Å². The summed E-state index contributed by atoms with van der Waals surface area (Å²) in [6, 6.07) is 5.82. The fourth-order valence-corrected chi connectivity index (χ4v) is 7.17. The van der Waals surface area contributed by atoms with E-state index < -0.39 is 54.4 Å². The fourth-order valence-electron chi connectivity index (χ4n) is 7.17. The van der Waals surface area contributed by atoms with E-state index in [-0.39, 0.29) is 41.4 Å². The van der Waals surface area contributed by atoms with Crippen molar-refractivity contribution in [2.45, 2.75) is 130 Å². The van der Waals surface area contributed by atoms with Gasteiger partial charge in [0.2, 0.25) is 23.6 Å². The van der Waals surface area contributed by atoms with E-state index in [4.69, 9.17) is 9.47 Å². The van der Waals surface area contributed by atoms with Crippen LogP contribution in [0.4, 0.5) is 0 Å². The third-order valence-corrected chi connectivity index (χ3v) is 10.6. The SMILES string of the molecule is CC[C@H](C)C[C@H](OC)[C@@H](C(=O)N1CCC[C@H]1[C@H](OC)[C@@H](C)C(=O)N[C@H](C)[C@@H](O)c1ccccc1)N(C)C(=O)[C@@H](NC(=O)[C@@H](NC)C(C)C)C(C)C. The third-order valence-electron chi connectivity index (χ3n) is 10.6. The maximum Gasteiger partial charge on any atom is 0.248 e. The highest BCUT2D eigenvalue weighted by Gasteiger charge is 2.46. The lowest BCUT2D eigenvalue weighted by Crippen LogP contribution is -2.62. The molecule has 10 atom stereocenters. The Morgan fingerprint density at radius 1 is 0.922 bits per heavy atom. The van der Waals surface area contributed by atoms with Crippen LogP contribution in [-0.4, -0.2) is 116 Å². The third kappa shape index (κ3) is 11.5. The van der Waals surface area contributed by atoms with E-state index in [1.165, 1.54) is 12.0 Å². The van der Waals surface area contributed by atoms with Crippen LogP contribution in [0, 0.1) is 23.7 Å². The standard InChI is InChI=1S/C39H67N5O7/c1-13-25(6)22-30(50-11)33(43(10)38(48)32(24(4)5)42-37(47)31(40-9)23(2)3)39(49)44-21-17-20-29(44)35(51-12)26(7)36(46)41-27(8)34(45)28-18-15-14-16-19-28/h14-16,18-19,23-27,29-35,40,45H,13,17,20-22H2,1-12H3,(H,41,46)(H,42,47)/t25-,26+,27+,29-,30-,31-,32-,33-,34+,35+/m0/s1. The Balaban J connectivity index is 2.42. The van der Waals surface area contributed by atoms with Gasteiger partial charge in [-0.25, -0.2) is 0 Å². The van der Waals surface area contributed by atoms with E-state index in [1.807, 2.05) is 58.0 Å². The number of nitrogens with one attached hydrogen (secondary N) is 3. The highest BCUT2D eigenvalue weighted by atomic mass is 16.5. The zero-order valence-corrected chi connectivity index (χ0v) is 33.1. The van der Waals surface area contributed by atoms with Gasteiger partial charge in [0.15, 0.2) is 0 Å². The van der Waals surface area contributed by atoms with E-state index in [1.54, 1.807) is 40.0 Å². The molecule has 0 aromatic heterocycles. The number of carbonyl (C=O) groups excluding carboxylic acids is 4. The van der Waals surface area contributed by atoms with E-state index in [9.17, 15) is 24.3 Å². The van der Waals surface area contributed by atoms with E-state index in [2.05, 4.69) is 29.8 Å². The lowest BCUT2D eigenvalue weighted by atomic mass is 9.91. The number of hydrogen-bond acceptors (Lipinski definition) is 8. The number of aliphatic hydroxyl groups excluding tert-OH is 1. The van der Waals surface area contributed by atoms with Gasteiger partial charge in [-0.1, -0.05) is 85.2 Å². The van der Waals surface area contributed by atoms with Crippen LogP contribution in [0.3, 0.4) is 0 Å². The van der Waals surface area contributed by atoms with Crippen molar-refractivity contribution in [3.63, 3.8) is 0 Å². The van der Waals surface area contributed by atoms with Gasteiger partial charge in [0.1, 0.15) is 12.1 Å². The number of methoxy groups -OCH3 is 2. The Morgan fingerprint density at radius 2 is 1.53 bits per heavy atom. The number of likely N-dealkylation sites (tertiary alicyclic amines) is 1. The van der Waals surface area contributed by atoms with Crippen LogP contribution in [0.15, 0.2) is 30.3 Å². The smallest absolute Gasteiger partial charge is 0.248 e. The highest BCUT2D eigenvalue weighted by molar-refractivity contribution is 5.93. The first kappa shape index (κ1) is 44.1. The molecule has 1 aromatic carbocycles. The summed E-state index contributed by atoms with van der Waals surface area (Å²) in [7, 11) is 6.43. The highest BCUT2D eigenvalue weighted by Crippen LogP contribution is 2.30. The van der Waals surface area contributed by atoms with Crippen molar-refractivity contribution in [1.29, 1.82) is 0 Å². The van der Waals surface area contributed by atoms with Crippen LogP contribution < -0.4 is 16.0 Å². The number of carbonyl (C=O) groups is 4. The minimum absolute atomic E-state index is 0.000758. The summed E-state index contributed by atoms with van der Waals surface area (Å²) in [5, 5.41) is 19.8. The molecule has 0 aliphatic carbocycles. The topological polar surface area (TPSA) is 150 Å². The molecule has 0 unspecified atom stereocenters. The quantitative estimate of drug-likeness (QED) is 0.160. The normalized spacial score (nSPS) is 20.1. The molecule has 0 radical (unpaired) electrons. The number of likely N-dealkylation sites (N-methyl/N-ethyl adjacent to an activating group) is 2. The minimum Gasteiger partial charge on any atom is -0.386 e. The van der Waals surface area contributed by atoms with Gasteiger partial charge >= 0.3 is 0 Å². The van der Waals surface area contributed by atoms with Crippen LogP contribution in [-0.2, 0) is 28.7 Å². The predicted molar refractivity (Wildman–Crippen MR) is 200 cm³/mol. The van der Waals surface area contributed by atoms with Crippen molar-refractivity contribution in [2.24, 2.45) is 23.7 Å². The summed E-state index contributed by atoms with van der Waals surface area (Å²) in [6.07, 6.45) is 0.566. The fraction of sp³-hybridized carbons (Fsp3) is 0.744. The van der Waals surface area contributed by atoms with Crippen LogP contribution in [0.5, 0.6) is 0 Å². The number of benzene rings is 1. The molecule has 4 amide bonds. The van der Waals surface area contributed by atoms with Gasteiger partial charge in [-0.15, -0.1) is 0 Å². The second-order valence-corrected chi connectivity index (χ2v) is 15.0. The average molecular weight is 718 g/mol. The second-order valence-electron chi connectivity index (χ2n) is 15.0. The molecular formula is C39H67N5O7. The molecule has 1 fully saturated rings. The van der Waals surface area contributed by atoms with Gasteiger partial charge in [-0.2, -0.15) is 0 Å². The first-order valence-corrected chi connectivity index (χ1v) is 18.7. The van der Waals surface area contributed by atoms with E-state index >= 15 is 0 Å². The number of aliphatic hydroxyl groups is 1. The zero-order valence-electron chi connectivity index (χ0n) is 33.1. The number of hydrogen-bond donors (Lipinski definition) is 4. The maximum atomic E-state index is 14.8. The van der Waals surface area contributed by atoms with Gasteiger partial charge in [0, 0.05) is 27.8 Å². The van der Waals surface area contributed by atoms with Gasteiger partial charge in [0.05, 0.1) is 42.4 Å². The Bertz CT molecular complexity index is 1250. The van der Waals surface area contributed by atoms with Crippen molar-refractivity contribution in [3.8, 4) is 0 Å². The van der Waals surface area contributed by atoms with Crippen molar-refractivity contribution < 1.29 is 33.8 Å². The summed E-state index contributed by atoms with van der Waals surface area (Å²) in [6.45, 7) is 15.7. The first-order chi connectivity index (χ1) is 24.0. The van der Waals surface area contributed by atoms with Gasteiger partial charge in [-0.3, -0.25) is 19.2 Å².